The number of aryl methyl sites for hydroxylation is 1. The summed E-state index contributed by atoms with van der Waals surface area (Å²) >= 11 is 0. The summed E-state index contributed by atoms with van der Waals surface area (Å²) < 4.78 is 0. The number of pyridine rings is 1. The average Bonchev–Trinajstić information content (AvgIpc) is 2.58. The van der Waals surface area contributed by atoms with Crippen LogP contribution in [0, 0.1) is 0 Å². The van der Waals surface area contributed by atoms with Crippen molar-refractivity contribution in [1.29, 1.82) is 0 Å². The predicted molar refractivity (Wildman–Crippen MR) is 118 cm³/mol. The van der Waals surface area contributed by atoms with Crippen LogP contribution in [0.1, 0.15) is 38.8 Å². The van der Waals surface area contributed by atoms with Gasteiger partial charge in [0.05, 0.1) is 19.3 Å². The van der Waals surface area contributed by atoms with Gasteiger partial charge in [-0.2, -0.15) is 0 Å². The molecule has 0 saturated heterocycles. The van der Waals surface area contributed by atoms with Gasteiger partial charge in [-0.1, -0.05) is 82.9 Å². The molecule has 0 amide bonds. The Hall–Kier alpha value is -1.93. The largest absolute Gasteiger partial charge is 0.248 e. The molecule has 0 bridgehead atoms. The molecule has 1 heterocycles. The van der Waals surface area contributed by atoms with Crippen molar-refractivity contribution in [2.75, 3.05) is 0 Å². The summed E-state index contributed by atoms with van der Waals surface area (Å²) in [4.78, 5) is 5.08. The molecular formula is C24H31NSi. The Morgan fingerprint density at radius 3 is 2.27 bits per heavy atom. The van der Waals surface area contributed by atoms with Gasteiger partial charge in [-0.25, -0.2) is 4.98 Å². The fraction of sp³-hybridized carbons (Fsp3) is 0.375. The Morgan fingerprint density at radius 2 is 1.65 bits per heavy atom. The van der Waals surface area contributed by atoms with Crippen LogP contribution in [0.3, 0.4) is 0 Å². The zero-order chi connectivity index (χ0) is 19.1. The molecule has 0 aliphatic heterocycles. The van der Waals surface area contributed by atoms with E-state index in [0.717, 1.165) is 17.6 Å². The molecule has 0 atom stereocenters. The molecule has 2 aromatic carbocycles. The fourth-order valence-electron chi connectivity index (χ4n) is 3.34. The summed E-state index contributed by atoms with van der Waals surface area (Å²) in [5.41, 5.74) is 6.29. The van der Waals surface area contributed by atoms with E-state index in [4.69, 9.17) is 4.98 Å². The zero-order valence-corrected chi connectivity index (χ0v) is 18.3. The second kappa shape index (κ2) is 6.66. The minimum atomic E-state index is -1.31. The Labute approximate surface area is 159 Å². The average molecular weight is 362 g/mol. The summed E-state index contributed by atoms with van der Waals surface area (Å²) in [5.74, 6) is 0. The molecule has 0 aliphatic rings. The standard InChI is InChI=1S/C24H31NSi/c1-8-17-14-19-16-21(26(5,6)7)12-13-22(19)25-23(17)18-10-9-11-20(15-18)24(2,3)4/h9-16H,8H2,1-7H3. The van der Waals surface area contributed by atoms with Gasteiger partial charge in [-0.3, -0.25) is 0 Å². The third-order valence-corrected chi connectivity index (χ3v) is 7.19. The maximum Gasteiger partial charge on any atom is 0.0776 e. The van der Waals surface area contributed by atoms with Gasteiger partial charge in [-0.05, 0) is 41.2 Å². The maximum atomic E-state index is 5.08. The van der Waals surface area contributed by atoms with Crippen molar-refractivity contribution in [3.05, 3.63) is 59.7 Å². The lowest BCUT2D eigenvalue weighted by atomic mass is 9.85. The van der Waals surface area contributed by atoms with Crippen molar-refractivity contribution in [3.63, 3.8) is 0 Å². The monoisotopic (exact) mass is 361 g/mol. The van der Waals surface area contributed by atoms with E-state index in [1.54, 1.807) is 0 Å². The van der Waals surface area contributed by atoms with Crippen molar-refractivity contribution < 1.29 is 0 Å². The van der Waals surface area contributed by atoms with Gasteiger partial charge in [0.2, 0.25) is 0 Å². The van der Waals surface area contributed by atoms with Crippen LogP contribution in [0.5, 0.6) is 0 Å². The molecule has 26 heavy (non-hydrogen) atoms. The molecule has 3 rings (SSSR count). The number of fused-ring (bicyclic) bond motifs is 1. The first-order valence-electron chi connectivity index (χ1n) is 9.64. The number of rotatable bonds is 3. The van der Waals surface area contributed by atoms with Gasteiger partial charge < -0.3 is 0 Å². The van der Waals surface area contributed by atoms with E-state index in [9.17, 15) is 0 Å². The molecule has 0 N–H and O–H groups in total. The van der Waals surface area contributed by atoms with Gasteiger partial charge in [-0.15, -0.1) is 0 Å². The van der Waals surface area contributed by atoms with Crippen LogP contribution in [0.25, 0.3) is 22.2 Å². The number of benzene rings is 2. The first-order valence-corrected chi connectivity index (χ1v) is 13.1. The summed E-state index contributed by atoms with van der Waals surface area (Å²) in [6, 6.07) is 18.1. The van der Waals surface area contributed by atoms with Crippen molar-refractivity contribution in [3.8, 4) is 11.3 Å². The Morgan fingerprint density at radius 1 is 0.923 bits per heavy atom. The van der Waals surface area contributed by atoms with E-state index in [2.05, 4.69) is 95.9 Å². The highest BCUT2D eigenvalue weighted by molar-refractivity contribution is 6.88. The molecule has 0 saturated carbocycles. The van der Waals surface area contributed by atoms with E-state index in [0.29, 0.717) is 0 Å². The molecule has 0 spiro atoms. The van der Waals surface area contributed by atoms with Crippen LogP contribution in [0.2, 0.25) is 19.6 Å². The van der Waals surface area contributed by atoms with Crippen molar-refractivity contribution in [2.45, 2.75) is 59.2 Å². The van der Waals surface area contributed by atoms with Crippen molar-refractivity contribution in [2.24, 2.45) is 0 Å². The summed E-state index contributed by atoms with van der Waals surface area (Å²) in [7, 11) is -1.31. The second-order valence-electron chi connectivity index (χ2n) is 9.34. The third kappa shape index (κ3) is 3.76. The van der Waals surface area contributed by atoms with Crippen LogP contribution < -0.4 is 5.19 Å². The van der Waals surface area contributed by atoms with E-state index in [1.807, 2.05) is 0 Å². The molecule has 2 heteroatoms. The first kappa shape index (κ1) is 18.8. The Balaban J connectivity index is 2.18. The van der Waals surface area contributed by atoms with Crippen LogP contribution in [-0.4, -0.2) is 13.1 Å². The third-order valence-electron chi connectivity index (χ3n) is 5.14. The van der Waals surface area contributed by atoms with Crippen LogP contribution in [-0.2, 0) is 11.8 Å². The van der Waals surface area contributed by atoms with Crippen molar-refractivity contribution >= 4 is 24.2 Å². The number of hydrogen-bond acceptors (Lipinski definition) is 1. The Bertz CT molecular complexity index is 943. The molecule has 1 nitrogen and oxygen atoms in total. The highest BCUT2D eigenvalue weighted by Crippen LogP contribution is 2.30. The fourth-order valence-corrected chi connectivity index (χ4v) is 4.51. The van der Waals surface area contributed by atoms with E-state index < -0.39 is 8.07 Å². The van der Waals surface area contributed by atoms with Crippen LogP contribution in [0.15, 0.2) is 48.5 Å². The minimum Gasteiger partial charge on any atom is -0.248 e. The van der Waals surface area contributed by atoms with Crippen LogP contribution in [0.4, 0.5) is 0 Å². The number of nitrogens with zero attached hydrogens (tertiary/aromatic N) is 1. The molecule has 1 aromatic heterocycles. The van der Waals surface area contributed by atoms with Gasteiger partial charge in [0.1, 0.15) is 0 Å². The molecule has 0 aliphatic carbocycles. The lowest BCUT2D eigenvalue weighted by molar-refractivity contribution is 0.590. The molecule has 0 radical (unpaired) electrons. The number of hydrogen-bond donors (Lipinski definition) is 0. The van der Waals surface area contributed by atoms with Crippen LogP contribution >= 0.6 is 0 Å². The highest BCUT2D eigenvalue weighted by Gasteiger charge is 2.18. The SMILES string of the molecule is CCc1cc2cc([Si](C)(C)C)ccc2nc1-c1cccc(C(C)(C)C)c1. The van der Waals surface area contributed by atoms with Gasteiger partial charge >= 0.3 is 0 Å². The van der Waals surface area contributed by atoms with Gasteiger partial charge in [0, 0.05) is 10.9 Å². The summed E-state index contributed by atoms with van der Waals surface area (Å²) in [5, 5.41) is 2.77. The highest BCUT2D eigenvalue weighted by atomic mass is 28.3. The topological polar surface area (TPSA) is 12.9 Å². The number of aromatic nitrogens is 1. The summed E-state index contributed by atoms with van der Waals surface area (Å²) in [6.07, 6.45) is 0.995. The lowest BCUT2D eigenvalue weighted by Gasteiger charge is -2.20. The van der Waals surface area contributed by atoms with E-state index in [1.165, 1.54) is 27.3 Å². The maximum absolute atomic E-state index is 5.08. The van der Waals surface area contributed by atoms with Crippen molar-refractivity contribution in [1.82, 2.24) is 4.98 Å². The molecular weight excluding hydrogens is 330 g/mol. The smallest absolute Gasteiger partial charge is 0.0776 e. The molecule has 0 fully saturated rings. The molecule has 3 aromatic rings. The molecule has 0 unspecified atom stereocenters. The first-order chi connectivity index (χ1) is 12.1. The Kier molecular flexibility index (Phi) is 4.83. The van der Waals surface area contributed by atoms with E-state index in [-0.39, 0.29) is 5.41 Å². The summed E-state index contributed by atoms with van der Waals surface area (Å²) in [6.45, 7) is 16.2. The molecule has 136 valence electrons. The predicted octanol–water partition coefficient (Wildman–Crippen LogP) is 6.31. The quantitative estimate of drug-likeness (QED) is 0.498. The van der Waals surface area contributed by atoms with E-state index >= 15 is 0 Å². The normalized spacial score (nSPS) is 12.6. The minimum absolute atomic E-state index is 0.144. The second-order valence-corrected chi connectivity index (χ2v) is 14.4. The zero-order valence-electron chi connectivity index (χ0n) is 17.3. The van der Waals surface area contributed by atoms with Gasteiger partial charge in [0.25, 0.3) is 0 Å². The van der Waals surface area contributed by atoms with Gasteiger partial charge in [0.15, 0.2) is 0 Å². The lowest BCUT2D eigenvalue weighted by Crippen LogP contribution is -2.37.